The Morgan fingerprint density at radius 2 is 1.33 bits per heavy atom. The zero-order valence-corrected chi connectivity index (χ0v) is 15.1. The Balaban J connectivity index is 3.54. The van der Waals surface area contributed by atoms with E-state index in [0.29, 0.717) is 0 Å². The molecule has 0 aromatic carbocycles. The molecule has 0 aliphatic rings. The molecule has 0 fully saturated rings. The van der Waals surface area contributed by atoms with E-state index in [0.717, 1.165) is 29.7 Å². The molecule has 0 rings (SSSR count). The average Bonchev–Trinajstić information content (AvgIpc) is 2.38. The van der Waals surface area contributed by atoms with E-state index >= 15 is 0 Å². The van der Waals surface area contributed by atoms with Gasteiger partial charge in [0, 0.05) is 0 Å². The average molecular weight is 294 g/mol. The van der Waals surface area contributed by atoms with E-state index in [1.807, 2.05) is 13.2 Å². The fourth-order valence-electron chi connectivity index (χ4n) is 2.88. The topological polar surface area (TPSA) is 17.1 Å². The summed E-state index contributed by atoms with van der Waals surface area (Å²) in [5.74, 6) is 2.57. The van der Waals surface area contributed by atoms with Gasteiger partial charge in [0.1, 0.15) is 0 Å². The summed E-state index contributed by atoms with van der Waals surface area (Å²) in [6, 6.07) is 0. The van der Waals surface area contributed by atoms with Gasteiger partial charge in [-0.3, -0.25) is 4.79 Å². The highest BCUT2D eigenvalue weighted by Crippen LogP contribution is 2.21. The predicted octanol–water partition coefficient (Wildman–Crippen LogP) is 6.48. The Kier molecular flexibility index (Phi) is 12.7. The lowest BCUT2D eigenvalue weighted by atomic mass is 9.91. The zero-order chi connectivity index (χ0) is 16.1. The Labute approximate surface area is 133 Å². The van der Waals surface area contributed by atoms with Crippen LogP contribution in [0, 0.1) is 17.8 Å². The van der Waals surface area contributed by atoms with E-state index < -0.39 is 0 Å². The Bertz CT molecular complexity index is 278. The minimum absolute atomic E-state index is 0.820. The summed E-state index contributed by atoms with van der Waals surface area (Å²) in [7, 11) is 0. The van der Waals surface area contributed by atoms with Crippen LogP contribution in [0.3, 0.4) is 0 Å². The number of hydrogen-bond donors (Lipinski definition) is 0. The van der Waals surface area contributed by atoms with Crippen LogP contribution in [0.2, 0.25) is 0 Å². The number of carbonyl (C=O) groups excluding carboxylic acids is 1. The van der Waals surface area contributed by atoms with Crippen LogP contribution in [0.1, 0.15) is 92.4 Å². The first kappa shape index (κ1) is 20.4. The molecule has 0 heterocycles. The molecule has 0 saturated heterocycles. The van der Waals surface area contributed by atoms with Crippen molar-refractivity contribution in [2.24, 2.45) is 17.8 Å². The number of allylic oxidation sites excluding steroid dienone is 2. The highest BCUT2D eigenvalue weighted by Gasteiger charge is 2.06. The second-order valence-electron chi connectivity index (χ2n) is 7.47. The van der Waals surface area contributed by atoms with Gasteiger partial charge in [-0.15, -0.1) is 0 Å². The lowest BCUT2D eigenvalue weighted by Gasteiger charge is -2.15. The van der Waals surface area contributed by atoms with Crippen LogP contribution < -0.4 is 0 Å². The molecule has 0 aromatic rings. The molecule has 21 heavy (non-hydrogen) atoms. The molecule has 2 atom stereocenters. The van der Waals surface area contributed by atoms with Crippen molar-refractivity contribution in [3.05, 3.63) is 11.6 Å². The second-order valence-corrected chi connectivity index (χ2v) is 7.47. The lowest BCUT2D eigenvalue weighted by Crippen LogP contribution is -2.00. The summed E-state index contributed by atoms with van der Waals surface area (Å²) in [6.07, 6.45) is 15.3. The molecule has 0 saturated carbocycles. The van der Waals surface area contributed by atoms with Gasteiger partial charge in [0.25, 0.3) is 0 Å². The van der Waals surface area contributed by atoms with Crippen molar-refractivity contribution in [3.8, 4) is 0 Å². The van der Waals surface area contributed by atoms with Gasteiger partial charge in [-0.2, -0.15) is 0 Å². The Morgan fingerprint density at radius 1 is 0.857 bits per heavy atom. The van der Waals surface area contributed by atoms with Crippen molar-refractivity contribution < 1.29 is 4.79 Å². The molecule has 0 aliphatic carbocycles. The first-order chi connectivity index (χ1) is 9.95. The minimum Gasteiger partial charge on any atom is -0.286 e. The van der Waals surface area contributed by atoms with E-state index in [1.54, 1.807) is 6.08 Å². The van der Waals surface area contributed by atoms with Gasteiger partial charge >= 0.3 is 0 Å². The molecule has 1 radical (unpaired) electrons. The Morgan fingerprint density at radius 3 is 1.81 bits per heavy atom. The molecule has 1 nitrogen and oxygen atoms in total. The van der Waals surface area contributed by atoms with E-state index in [9.17, 15) is 4.79 Å². The van der Waals surface area contributed by atoms with Crippen LogP contribution in [0.5, 0.6) is 0 Å². The maximum Gasteiger partial charge on any atom is 0.225 e. The summed E-state index contributed by atoms with van der Waals surface area (Å²) >= 11 is 0. The molecule has 0 amide bonds. The van der Waals surface area contributed by atoms with Crippen LogP contribution in [-0.2, 0) is 4.79 Å². The van der Waals surface area contributed by atoms with E-state index in [4.69, 9.17) is 0 Å². The van der Waals surface area contributed by atoms with Crippen molar-refractivity contribution in [2.45, 2.75) is 92.4 Å². The SMILES string of the molecule is CC(=C[C]=O)CCCC(C)CCCC(C)CCCC(C)C. The fourth-order valence-corrected chi connectivity index (χ4v) is 2.88. The molecule has 1 heteroatoms. The molecule has 0 aromatic heterocycles. The second kappa shape index (κ2) is 13.1. The van der Waals surface area contributed by atoms with Crippen molar-refractivity contribution in [1.82, 2.24) is 0 Å². The van der Waals surface area contributed by atoms with E-state index in [2.05, 4.69) is 27.7 Å². The number of hydrogen-bond acceptors (Lipinski definition) is 1. The molecule has 123 valence electrons. The largest absolute Gasteiger partial charge is 0.286 e. The summed E-state index contributed by atoms with van der Waals surface area (Å²) in [4.78, 5) is 10.2. The Hall–Kier alpha value is -0.590. The van der Waals surface area contributed by atoms with Gasteiger partial charge in [-0.1, -0.05) is 78.2 Å². The first-order valence-corrected chi connectivity index (χ1v) is 8.99. The molecule has 0 spiro atoms. The third-order valence-corrected chi connectivity index (χ3v) is 4.45. The third-order valence-electron chi connectivity index (χ3n) is 4.45. The molecule has 2 unspecified atom stereocenters. The fraction of sp³-hybridized carbons (Fsp3) is 0.850. The first-order valence-electron chi connectivity index (χ1n) is 8.99. The lowest BCUT2D eigenvalue weighted by molar-refractivity contribution is 0.389. The maximum atomic E-state index is 10.2. The number of rotatable bonds is 13. The maximum absolute atomic E-state index is 10.2. The standard InChI is InChI=1S/C20H37O/c1-17(2)9-6-10-18(3)11-7-12-19(4)13-8-14-20(5)15-16-21/h15,17-19H,6-14H2,1-5H3. The van der Waals surface area contributed by atoms with Crippen LogP contribution in [0.4, 0.5) is 0 Å². The molecule has 0 bridgehead atoms. The third kappa shape index (κ3) is 14.1. The molecular weight excluding hydrogens is 256 g/mol. The van der Waals surface area contributed by atoms with E-state index in [-0.39, 0.29) is 0 Å². The van der Waals surface area contributed by atoms with Crippen molar-refractivity contribution in [3.63, 3.8) is 0 Å². The summed E-state index contributed by atoms with van der Waals surface area (Å²) in [5, 5.41) is 0. The zero-order valence-electron chi connectivity index (χ0n) is 15.1. The smallest absolute Gasteiger partial charge is 0.225 e. The highest BCUT2D eigenvalue weighted by molar-refractivity contribution is 5.66. The van der Waals surface area contributed by atoms with Crippen molar-refractivity contribution in [2.75, 3.05) is 0 Å². The quantitative estimate of drug-likeness (QED) is 0.355. The highest BCUT2D eigenvalue weighted by atomic mass is 16.1. The van der Waals surface area contributed by atoms with E-state index in [1.165, 1.54) is 51.4 Å². The summed E-state index contributed by atoms with van der Waals surface area (Å²) < 4.78 is 0. The summed E-state index contributed by atoms with van der Waals surface area (Å²) in [6.45, 7) is 11.4. The minimum atomic E-state index is 0.820. The van der Waals surface area contributed by atoms with Crippen molar-refractivity contribution >= 4 is 6.29 Å². The molecular formula is C20H37O. The van der Waals surface area contributed by atoms with Crippen LogP contribution in [-0.4, -0.2) is 6.29 Å². The van der Waals surface area contributed by atoms with Gasteiger partial charge in [-0.05, 0) is 43.6 Å². The monoisotopic (exact) mass is 293 g/mol. The predicted molar refractivity (Wildman–Crippen MR) is 94.2 cm³/mol. The van der Waals surface area contributed by atoms with Gasteiger partial charge in [0.2, 0.25) is 6.29 Å². The van der Waals surface area contributed by atoms with Gasteiger partial charge in [0.15, 0.2) is 0 Å². The van der Waals surface area contributed by atoms with Crippen LogP contribution >= 0.6 is 0 Å². The van der Waals surface area contributed by atoms with Crippen LogP contribution in [0.25, 0.3) is 0 Å². The van der Waals surface area contributed by atoms with Crippen LogP contribution in [0.15, 0.2) is 11.6 Å². The van der Waals surface area contributed by atoms with Gasteiger partial charge in [0.05, 0.1) is 0 Å². The van der Waals surface area contributed by atoms with Crippen molar-refractivity contribution in [1.29, 1.82) is 0 Å². The van der Waals surface area contributed by atoms with Gasteiger partial charge < -0.3 is 0 Å². The van der Waals surface area contributed by atoms with Gasteiger partial charge in [-0.25, -0.2) is 0 Å². The summed E-state index contributed by atoms with van der Waals surface area (Å²) in [5.41, 5.74) is 1.16. The molecule has 0 N–H and O–H groups in total. The normalized spacial score (nSPS) is 15.2. The molecule has 0 aliphatic heterocycles.